The van der Waals surface area contributed by atoms with Gasteiger partial charge in [-0.05, 0) is 123 Å². The average molecular weight is 442 g/mol. The van der Waals surface area contributed by atoms with Crippen LogP contribution in [0.4, 0.5) is 5.69 Å². The summed E-state index contributed by atoms with van der Waals surface area (Å²) >= 11 is 0. The van der Waals surface area contributed by atoms with E-state index in [1.165, 1.54) is 71.9 Å². The lowest BCUT2D eigenvalue weighted by molar-refractivity contribution is -0.00513. The van der Waals surface area contributed by atoms with Gasteiger partial charge in [-0.25, -0.2) is 0 Å². The van der Waals surface area contributed by atoms with Crippen molar-refractivity contribution in [1.29, 1.82) is 0 Å². The van der Waals surface area contributed by atoms with Gasteiger partial charge in [0.2, 0.25) is 0 Å². The van der Waals surface area contributed by atoms with Crippen molar-refractivity contribution in [2.24, 2.45) is 23.5 Å². The molecule has 3 aromatic rings. The molecule has 0 saturated heterocycles. The third kappa shape index (κ3) is 3.69. The molecule has 4 bridgehead atoms. The van der Waals surface area contributed by atoms with E-state index in [2.05, 4.69) is 66.4 Å². The van der Waals surface area contributed by atoms with Gasteiger partial charge in [-0.1, -0.05) is 18.2 Å². The van der Waals surface area contributed by atoms with Crippen molar-refractivity contribution in [3.8, 4) is 11.3 Å². The van der Waals surface area contributed by atoms with Gasteiger partial charge in [0.15, 0.2) is 0 Å². The maximum Gasteiger partial charge on any atom is 0.0498 e. The number of aromatic nitrogens is 1. The molecule has 4 aliphatic rings. The van der Waals surface area contributed by atoms with Crippen LogP contribution in [-0.4, -0.2) is 25.6 Å². The van der Waals surface area contributed by atoms with Gasteiger partial charge in [0.05, 0.1) is 0 Å². The van der Waals surface area contributed by atoms with E-state index in [9.17, 15) is 0 Å². The van der Waals surface area contributed by atoms with E-state index in [1.54, 1.807) is 5.56 Å². The SMILES string of the molecule is CN(C)c1cccc(-c2[nH]c3ccc(C45CC6CC(CC(C6)C4)C5)cc3c2CCCCN)c1. The zero-order valence-corrected chi connectivity index (χ0v) is 20.4. The predicted octanol–water partition coefficient (Wildman–Crippen LogP) is 6.65. The van der Waals surface area contributed by atoms with Gasteiger partial charge in [0, 0.05) is 41.9 Å². The fourth-order valence-corrected chi connectivity index (χ4v) is 7.93. The van der Waals surface area contributed by atoms with E-state index < -0.39 is 0 Å². The lowest BCUT2D eigenvalue weighted by Gasteiger charge is -2.57. The minimum absolute atomic E-state index is 0.444. The summed E-state index contributed by atoms with van der Waals surface area (Å²) in [6, 6.07) is 16.4. The van der Waals surface area contributed by atoms with Crippen LogP contribution in [0.5, 0.6) is 0 Å². The van der Waals surface area contributed by atoms with Crippen molar-refractivity contribution in [2.75, 3.05) is 25.5 Å². The number of aryl methyl sites for hydroxylation is 1. The van der Waals surface area contributed by atoms with Crippen molar-refractivity contribution in [3.05, 3.63) is 53.6 Å². The highest BCUT2D eigenvalue weighted by molar-refractivity contribution is 5.92. The summed E-state index contributed by atoms with van der Waals surface area (Å²) in [7, 11) is 4.23. The first kappa shape index (κ1) is 21.3. The fourth-order valence-electron chi connectivity index (χ4n) is 7.93. The Balaban J connectivity index is 1.45. The Labute approximate surface area is 198 Å². The molecule has 2 aromatic carbocycles. The molecule has 0 atom stereocenters. The molecule has 4 saturated carbocycles. The van der Waals surface area contributed by atoms with Gasteiger partial charge in [-0.3, -0.25) is 0 Å². The van der Waals surface area contributed by atoms with Crippen LogP contribution < -0.4 is 10.6 Å². The van der Waals surface area contributed by atoms with Crippen LogP contribution in [0.2, 0.25) is 0 Å². The second-order valence-corrected chi connectivity index (χ2v) is 11.6. The topological polar surface area (TPSA) is 45.0 Å². The standard InChI is InChI=1S/C30H39N3/c1-33(2)25-7-5-6-23(15-25)29-26(8-3-4-11-31)27-16-24(9-10-28(27)32-29)30-17-20-12-21(18-30)14-22(13-20)19-30/h5-7,9-10,15-16,20-22,32H,3-4,8,11-14,17-19,31H2,1-2H3. The molecular weight excluding hydrogens is 402 g/mol. The summed E-state index contributed by atoms with van der Waals surface area (Å²) in [5.74, 6) is 2.93. The zero-order valence-electron chi connectivity index (χ0n) is 20.4. The number of H-pyrrole nitrogens is 1. The van der Waals surface area contributed by atoms with Crippen LogP contribution in [0, 0.1) is 17.8 Å². The number of fused-ring (bicyclic) bond motifs is 1. The minimum Gasteiger partial charge on any atom is -0.378 e. The van der Waals surface area contributed by atoms with Gasteiger partial charge in [0.25, 0.3) is 0 Å². The molecule has 4 fully saturated rings. The van der Waals surface area contributed by atoms with E-state index in [-0.39, 0.29) is 0 Å². The smallest absolute Gasteiger partial charge is 0.0498 e. The third-order valence-corrected chi connectivity index (χ3v) is 9.09. The molecule has 0 unspecified atom stereocenters. The summed E-state index contributed by atoms with van der Waals surface area (Å²) in [6.45, 7) is 0.770. The molecule has 0 aliphatic heterocycles. The summed E-state index contributed by atoms with van der Waals surface area (Å²) in [6.07, 6.45) is 12.1. The molecule has 174 valence electrons. The first-order valence-electron chi connectivity index (χ1n) is 13.2. The number of rotatable bonds is 7. The summed E-state index contributed by atoms with van der Waals surface area (Å²) < 4.78 is 0. The lowest BCUT2D eigenvalue weighted by Crippen LogP contribution is -2.48. The van der Waals surface area contributed by atoms with Crippen LogP contribution in [-0.2, 0) is 11.8 Å². The summed E-state index contributed by atoms with van der Waals surface area (Å²) in [5, 5.41) is 1.45. The van der Waals surface area contributed by atoms with Gasteiger partial charge in [-0.15, -0.1) is 0 Å². The lowest BCUT2D eigenvalue weighted by atomic mass is 9.48. The molecule has 1 aromatic heterocycles. The number of nitrogens with one attached hydrogen (secondary N) is 1. The first-order valence-corrected chi connectivity index (χ1v) is 13.2. The largest absolute Gasteiger partial charge is 0.378 e. The van der Waals surface area contributed by atoms with Crippen molar-refractivity contribution >= 4 is 16.6 Å². The highest BCUT2D eigenvalue weighted by atomic mass is 15.1. The number of hydrogen-bond acceptors (Lipinski definition) is 2. The van der Waals surface area contributed by atoms with E-state index in [4.69, 9.17) is 5.73 Å². The second-order valence-electron chi connectivity index (χ2n) is 11.6. The Kier molecular flexibility index (Phi) is 5.29. The molecular formula is C30H39N3. The number of nitrogens with zero attached hydrogens (tertiary/aromatic N) is 1. The molecule has 3 heteroatoms. The molecule has 0 radical (unpaired) electrons. The molecule has 4 aliphatic carbocycles. The Morgan fingerprint density at radius 2 is 1.67 bits per heavy atom. The average Bonchev–Trinajstić information content (AvgIpc) is 3.16. The highest BCUT2D eigenvalue weighted by Gasteiger charge is 2.51. The van der Waals surface area contributed by atoms with Gasteiger partial charge in [-0.2, -0.15) is 0 Å². The van der Waals surface area contributed by atoms with Crippen LogP contribution in [0.1, 0.15) is 62.5 Å². The molecule has 1 heterocycles. The Morgan fingerprint density at radius 3 is 2.33 bits per heavy atom. The van der Waals surface area contributed by atoms with Crippen LogP contribution >= 0.6 is 0 Å². The number of hydrogen-bond donors (Lipinski definition) is 2. The third-order valence-electron chi connectivity index (χ3n) is 9.09. The maximum absolute atomic E-state index is 5.86. The maximum atomic E-state index is 5.86. The van der Waals surface area contributed by atoms with E-state index in [1.807, 2.05) is 0 Å². The van der Waals surface area contributed by atoms with Gasteiger partial charge < -0.3 is 15.6 Å². The van der Waals surface area contributed by atoms with Crippen molar-refractivity contribution in [2.45, 2.75) is 63.2 Å². The van der Waals surface area contributed by atoms with E-state index in [0.29, 0.717) is 5.41 Å². The Hall–Kier alpha value is -2.26. The molecule has 3 N–H and O–H groups in total. The number of anilines is 1. The second kappa shape index (κ2) is 8.20. The molecule has 33 heavy (non-hydrogen) atoms. The fraction of sp³-hybridized carbons (Fsp3) is 0.533. The molecule has 0 spiro atoms. The first-order chi connectivity index (χ1) is 16.0. The predicted molar refractivity (Wildman–Crippen MR) is 140 cm³/mol. The Morgan fingerprint density at radius 1 is 0.939 bits per heavy atom. The van der Waals surface area contributed by atoms with Crippen LogP contribution in [0.25, 0.3) is 22.2 Å². The van der Waals surface area contributed by atoms with Crippen molar-refractivity contribution < 1.29 is 0 Å². The van der Waals surface area contributed by atoms with Gasteiger partial charge >= 0.3 is 0 Å². The number of aromatic amines is 1. The van der Waals surface area contributed by atoms with Crippen molar-refractivity contribution in [1.82, 2.24) is 4.98 Å². The quantitative estimate of drug-likeness (QED) is 0.403. The number of nitrogens with two attached hydrogens (primary N) is 1. The molecule has 0 amide bonds. The Bertz CT molecular complexity index is 1120. The minimum atomic E-state index is 0.444. The normalized spacial score (nSPS) is 28.0. The van der Waals surface area contributed by atoms with Crippen LogP contribution in [0.3, 0.4) is 0 Å². The van der Waals surface area contributed by atoms with Crippen molar-refractivity contribution in [3.63, 3.8) is 0 Å². The zero-order chi connectivity index (χ0) is 22.6. The highest BCUT2D eigenvalue weighted by Crippen LogP contribution is 2.61. The number of benzene rings is 2. The van der Waals surface area contributed by atoms with E-state index in [0.717, 1.165) is 43.6 Å². The van der Waals surface area contributed by atoms with E-state index >= 15 is 0 Å². The summed E-state index contributed by atoms with van der Waals surface area (Å²) in [5.41, 5.74) is 14.5. The van der Waals surface area contributed by atoms with Crippen LogP contribution in [0.15, 0.2) is 42.5 Å². The number of unbranched alkanes of at least 4 members (excludes halogenated alkanes) is 1. The molecule has 7 rings (SSSR count). The molecule has 3 nitrogen and oxygen atoms in total. The monoisotopic (exact) mass is 441 g/mol. The summed E-state index contributed by atoms with van der Waals surface area (Å²) in [4.78, 5) is 6.01. The van der Waals surface area contributed by atoms with Gasteiger partial charge in [0.1, 0.15) is 0 Å².